The predicted octanol–water partition coefficient (Wildman–Crippen LogP) is 3.07. The first-order valence-electron chi connectivity index (χ1n) is 8.82. The summed E-state index contributed by atoms with van der Waals surface area (Å²) in [4.78, 5) is 8.75. The van der Waals surface area contributed by atoms with Gasteiger partial charge in [0.05, 0.1) is 5.39 Å². The van der Waals surface area contributed by atoms with Crippen LogP contribution in [0.5, 0.6) is 0 Å². The molecule has 0 aromatic carbocycles. The average molecular weight is 315 g/mol. The van der Waals surface area contributed by atoms with Gasteiger partial charge in [0, 0.05) is 24.9 Å². The van der Waals surface area contributed by atoms with Crippen LogP contribution in [-0.2, 0) is 11.2 Å². The summed E-state index contributed by atoms with van der Waals surface area (Å²) >= 11 is 0. The van der Waals surface area contributed by atoms with Crippen LogP contribution in [0.1, 0.15) is 51.1 Å². The number of aromatic amines is 1. The number of rotatable bonds is 3. The summed E-state index contributed by atoms with van der Waals surface area (Å²) < 4.78 is 5.54. The van der Waals surface area contributed by atoms with E-state index in [1.54, 1.807) is 6.33 Å². The second-order valence-corrected chi connectivity index (χ2v) is 7.01. The largest absolute Gasteiger partial charge is 0.381 e. The van der Waals surface area contributed by atoms with Crippen LogP contribution in [0.15, 0.2) is 6.33 Å². The molecule has 1 aliphatic heterocycles. The van der Waals surface area contributed by atoms with E-state index in [0.717, 1.165) is 42.2 Å². The number of hydrogen-bond donors (Lipinski definition) is 2. The molecule has 124 valence electrons. The van der Waals surface area contributed by atoms with Crippen molar-refractivity contribution in [2.45, 2.75) is 57.9 Å². The molecule has 0 atom stereocenters. The summed E-state index contributed by atoms with van der Waals surface area (Å²) in [6.45, 7) is 4.01. The van der Waals surface area contributed by atoms with E-state index in [9.17, 15) is 0 Å². The highest BCUT2D eigenvalue weighted by Crippen LogP contribution is 2.44. The maximum Gasteiger partial charge on any atom is 0.186 e. The molecule has 2 aromatic rings. The third-order valence-electron chi connectivity index (χ3n) is 5.72. The molecule has 1 saturated heterocycles. The third-order valence-corrected chi connectivity index (χ3v) is 5.72. The minimum absolute atomic E-state index is 0.501. The molecule has 3 heterocycles. The molecule has 23 heavy (non-hydrogen) atoms. The molecule has 0 unspecified atom stereocenters. The Morgan fingerprint density at radius 2 is 2.00 bits per heavy atom. The Morgan fingerprint density at radius 3 is 2.74 bits per heavy atom. The molecular formula is C17H25N5O. The van der Waals surface area contributed by atoms with E-state index in [2.05, 4.69) is 32.4 Å². The van der Waals surface area contributed by atoms with Gasteiger partial charge in [0.2, 0.25) is 0 Å². The lowest BCUT2D eigenvalue weighted by molar-refractivity contribution is -0.00627. The zero-order valence-electron chi connectivity index (χ0n) is 13.8. The van der Waals surface area contributed by atoms with Gasteiger partial charge >= 0.3 is 0 Å². The second kappa shape index (κ2) is 6.07. The number of fused-ring (bicyclic) bond motifs is 1. The zero-order chi connectivity index (χ0) is 15.7. The van der Waals surface area contributed by atoms with Crippen molar-refractivity contribution >= 4 is 16.9 Å². The highest BCUT2D eigenvalue weighted by molar-refractivity contribution is 5.88. The molecule has 1 aliphatic carbocycles. The van der Waals surface area contributed by atoms with Crippen molar-refractivity contribution in [3.05, 3.63) is 12.0 Å². The van der Waals surface area contributed by atoms with Gasteiger partial charge in [-0.05, 0) is 50.4 Å². The Kier molecular flexibility index (Phi) is 3.93. The topological polar surface area (TPSA) is 75.7 Å². The quantitative estimate of drug-likeness (QED) is 0.910. The summed E-state index contributed by atoms with van der Waals surface area (Å²) in [6.07, 6.45) is 10.0. The molecule has 6 heteroatoms. The van der Waals surface area contributed by atoms with Gasteiger partial charge in [0.25, 0.3) is 0 Å². The van der Waals surface area contributed by atoms with E-state index in [-0.39, 0.29) is 0 Å². The maximum absolute atomic E-state index is 5.54. The van der Waals surface area contributed by atoms with Gasteiger partial charge in [-0.3, -0.25) is 5.10 Å². The molecule has 0 radical (unpaired) electrons. The van der Waals surface area contributed by atoms with Crippen molar-refractivity contribution in [3.8, 4) is 0 Å². The highest BCUT2D eigenvalue weighted by atomic mass is 16.5. The third kappa shape index (κ3) is 2.80. The first-order chi connectivity index (χ1) is 11.3. The lowest BCUT2D eigenvalue weighted by Gasteiger charge is -2.43. The predicted molar refractivity (Wildman–Crippen MR) is 89.4 cm³/mol. The fourth-order valence-corrected chi connectivity index (χ4v) is 4.15. The van der Waals surface area contributed by atoms with Gasteiger partial charge in [0.15, 0.2) is 5.65 Å². The van der Waals surface area contributed by atoms with Crippen molar-refractivity contribution in [2.75, 3.05) is 18.5 Å². The summed E-state index contributed by atoms with van der Waals surface area (Å²) in [6, 6.07) is 0.501. The number of aryl methyl sites for hydroxylation is 1. The smallest absolute Gasteiger partial charge is 0.186 e. The molecule has 0 amide bonds. The number of H-pyrrole nitrogens is 1. The van der Waals surface area contributed by atoms with Gasteiger partial charge in [-0.1, -0.05) is 6.92 Å². The highest BCUT2D eigenvalue weighted by Gasteiger charge is 2.36. The van der Waals surface area contributed by atoms with Crippen molar-refractivity contribution in [1.82, 2.24) is 20.2 Å². The summed E-state index contributed by atoms with van der Waals surface area (Å²) in [5.74, 6) is 0.938. The van der Waals surface area contributed by atoms with Crippen molar-refractivity contribution in [1.29, 1.82) is 0 Å². The molecular weight excluding hydrogens is 290 g/mol. The van der Waals surface area contributed by atoms with Crippen molar-refractivity contribution < 1.29 is 4.74 Å². The van der Waals surface area contributed by atoms with Crippen LogP contribution in [0, 0.1) is 5.41 Å². The van der Waals surface area contributed by atoms with Crippen LogP contribution < -0.4 is 5.32 Å². The van der Waals surface area contributed by atoms with E-state index >= 15 is 0 Å². The standard InChI is InChI=1S/C17H25N5O/c1-2-13-14-15(18-11-19-16(14)22-21-13)20-12-3-5-17(6-4-12)7-9-23-10-8-17/h11-12H,2-10H2,1H3,(H2,18,19,20,21,22). The molecule has 2 aliphatic rings. The van der Waals surface area contributed by atoms with E-state index in [1.165, 1.54) is 38.5 Å². The van der Waals surface area contributed by atoms with Crippen LogP contribution >= 0.6 is 0 Å². The lowest BCUT2D eigenvalue weighted by atomic mass is 9.68. The van der Waals surface area contributed by atoms with Crippen molar-refractivity contribution in [3.63, 3.8) is 0 Å². The van der Waals surface area contributed by atoms with Crippen LogP contribution in [-0.4, -0.2) is 39.4 Å². The summed E-state index contributed by atoms with van der Waals surface area (Å²) in [5.41, 5.74) is 2.41. The van der Waals surface area contributed by atoms with Crippen molar-refractivity contribution in [2.24, 2.45) is 5.41 Å². The van der Waals surface area contributed by atoms with E-state index in [1.807, 2.05) is 0 Å². The molecule has 4 rings (SSSR count). The second-order valence-electron chi connectivity index (χ2n) is 7.01. The Hall–Kier alpha value is -1.69. The van der Waals surface area contributed by atoms with Gasteiger partial charge < -0.3 is 10.1 Å². The summed E-state index contributed by atoms with van der Waals surface area (Å²) in [7, 11) is 0. The minimum Gasteiger partial charge on any atom is -0.381 e. The van der Waals surface area contributed by atoms with Crippen LogP contribution in [0.4, 0.5) is 5.82 Å². The van der Waals surface area contributed by atoms with E-state index in [0.29, 0.717) is 11.5 Å². The zero-order valence-corrected chi connectivity index (χ0v) is 13.8. The van der Waals surface area contributed by atoms with Gasteiger partial charge in [-0.15, -0.1) is 0 Å². The Morgan fingerprint density at radius 1 is 1.22 bits per heavy atom. The van der Waals surface area contributed by atoms with Crippen LogP contribution in [0.25, 0.3) is 11.0 Å². The van der Waals surface area contributed by atoms with Crippen LogP contribution in [0.2, 0.25) is 0 Å². The summed E-state index contributed by atoms with van der Waals surface area (Å²) in [5, 5.41) is 12.1. The van der Waals surface area contributed by atoms with E-state index in [4.69, 9.17) is 4.74 Å². The molecule has 6 nitrogen and oxygen atoms in total. The fraction of sp³-hybridized carbons (Fsp3) is 0.706. The average Bonchev–Trinajstić information content (AvgIpc) is 3.02. The Balaban J connectivity index is 1.48. The van der Waals surface area contributed by atoms with Gasteiger partial charge in [-0.25, -0.2) is 9.97 Å². The molecule has 1 saturated carbocycles. The number of nitrogens with zero attached hydrogens (tertiary/aromatic N) is 3. The normalized spacial score (nSPS) is 21.8. The fourth-order valence-electron chi connectivity index (χ4n) is 4.15. The molecule has 2 N–H and O–H groups in total. The number of aromatic nitrogens is 4. The van der Waals surface area contributed by atoms with Gasteiger partial charge in [-0.2, -0.15) is 5.10 Å². The number of anilines is 1. The number of nitrogens with one attached hydrogen (secondary N) is 2. The van der Waals surface area contributed by atoms with E-state index < -0.39 is 0 Å². The van der Waals surface area contributed by atoms with Gasteiger partial charge in [0.1, 0.15) is 12.1 Å². The monoisotopic (exact) mass is 315 g/mol. The molecule has 2 aromatic heterocycles. The SMILES string of the molecule is CCc1[nH]nc2ncnc(NC3CCC4(CCOCC4)CC3)c12. The number of hydrogen-bond acceptors (Lipinski definition) is 5. The maximum atomic E-state index is 5.54. The minimum atomic E-state index is 0.501. The Labute approximate surface area is 136 Å². The number of ether oxygens (including phenoxy) is 1. The first kappa shape index (κ1) is 14.9. The Bertz CT molecular complexity index is 667. The molecule has 1 spiro atoms. The van der Waals surface area contributed by atoms with Crippen LogP contribution in [0.3, 0.4) is 0 Å². The lowest BCUT2D eigenvalue weighted by Crippen LogP contribution is -2.37. The molecule has 2 fully saturated rings. The molecule has 0 bridgehead atoms. The first-order valence-corrected chi connectivity index (χ1v) is 8.82.